The molecule has 0 atom stereocenters. The van der Waals surface area contributed by atoms with E-state index in [0.717, 1.165) is 11.1 Å². The lowest BCUT2D eigenvalue weighted by Gasteiger charge is -2.05. The van der Waals surface area contributed by atoms with Crippen LogP contribution < -0.4 is 0 Å². The molecule has 0 amide bonds. The number of benzene rings is 1. The molecule has 1 aromatic carbocycles. The number of ether oxygens (including phenoxy) is 1. The summed E-state index contributed by atoms with van der Waals surface area (Å²) in [5.41, 5.74) is 1.90. The van der Waals surface area contributed by atoms with Gasteiger partial charge in [0.05, 0.1) is 12.7 Å². The number of rotatable bonds is 2. The van der Waals surface area contributed by atoms with Crippen LogP contribution in [0.4, 0.5) is 4.39 Å². The summed E-state index contributed by atoms with van der Waals surface area (Å²) in [6.07, 6.45) is 3.29. The molecule has 5 heteroatoms. The average molecular weight is 270 g/mol. The van der Waals surface area contributed by atoms with Crippen molar-refractivity contribution < 1.29 is 13.9 Å². The van der Waals surface area contributed by atoms with E-state index in [1.54, 1.807) is 18.2 Å². The van der Waals surface area contributed by atoms with Crippen LogP contribution in [-0.4, -0.2) is 22.6 Å². The van der Waals surface area contributed by atoms with E-state index in [2.05, 4.69) is 9.72 Å². The van der Waals surface area contributed by atoms with Gasteiger partial charge in [-0.1, -0.05) is 0 Å². The Morgan fingerprint density at radius 1 is 1.25 bits per heavy atom. The van der Waals surface area contributed by atoms with E-state index in [1.165, 1.54) is 25.4 Å². The van der Waals surface area contributed by atoms with Gasteiger partial charge >= 0.3 is 5.97 Å². The summed E-state index contributed by atoms with van der Waals surface area (Å²) < 4.78 is 19.4. The minimum absolute atomic E-state index is 0.286. The first kappa shape index (κ1) is 12.3. The topological polar surface area (TPSA) is 44.1 Å². The lowest BCUT2D eigenvalue weighted by molar-refractivity contribution is 0.0600. The van der Waals surface area contributed by atoms with Gasteiger partial charge in [0.25, 0.3) is 0 Å². The Morgan fingerprint density at radius 3 is 2.70 bits per heavy atom. The lowest BCUT2D eigenvalue weighted by atomic mass is 10.2. The van der Waals surface area contributed by atoms with Crippen molar-refractivity contribution in [2.24, 2.45) is 0 Å². The predicted molar refractivity (Wildman–Crippen MR) is 72.4 cm³/mol. The Kier molecular flexibility index (Phi) is 2.95. The van der Waals surface area contributed by atoms with E-state index in [9.17, 15) is 9.18 Å². The SMILES string of the molecule is COC(=O)c1cnc2c(ccn2-c2ccc(F)cc2)c1. The van der Waals surface area contributed by atoms with E-state index in [0.29, 0.717) is 11.2 Å². The third-order valence-electron chi connectivity index (χ3n) is 3.05. The summed E-state index contributed by atoms with van der Waals surface area (Å²) >= 11 is 0. The zero-order valence-corrected chi connectivity index (χ0v) is 10.7. The molecule has 20 heavy (non-hydrogen) atoms. The summed E-state index contributed by atoms with van der Waals surface area (Å²) in [7, 11) is 1.33. The maximum absolute atomic E-state index is 12.9. The number of methoxy groups -OCH3 is 1. The van der Waals surface area contributed by atoms with Crippen LogP contribution in [0.5, 0.6) is 0 Å². The first-order valence-corrected chi connectivity index (χ1v) is 6.00. The van der Waals surface area contributed by atoms with Gasteiger partial charge in [-0.2, -0.15) is 0 Å². The fraction of sp³-hybridized carbons (Fsp3) is 0.0667. The van der Waals surface area contributed by atoms with Crippen molar-refractivity contribution in [1.29, 1.82) is 0 Å². The maximum Gasteiger partial charge on any atom is 0.339 e. The van der Waals surface area contributed by atoms with Gasteiger partial charge in [0.15, 0.2) is 0 Å². The molecule has 0 N–H and O–H groups in total. The van der Waals surface area contributed by atoms with E-state index in [-0.39, 0.29) is 5.82 Å². The Labute approximate surface area is 114 Å². The molecule has 3 rings (SSSR count). The molecule has 2 aromatic heterocycles. The second kappa shape index (κ2) is 4.77. The highest BCUT2D eigenvalue weighted by atomic mass is 19.1. The maximum atomic E-state index is 12.9. The first-order chi connectivity index (χ1) is 9.69. The largest absolute Gasteiger partial charge is 0.465 e. The number of esters is 1. The van der Waals surface area contributed by atoms with Gasteiger partial charge in [0.1, 0.15) is 11.5 Å². The highest BCUT2D eigenvalue weighted by Crippen LogP contribution is 2.20. The van der Waals surface area contributed by atoms with Crippen LogP contribution in [0.2, 0.25) is 0 Å². The van der Waals surface area contributed by atoms with Gasteiger partial charge in [-0.25, -0.2) is 14.2 Å². The van der Waals surface area contributed by atoms with Crippen LogP contribution in [-0.2, 0) is 4.74 Å². The standard InChI is InChI=1S/C15H11FN2O2/c1-20-15(19)11-8-10-6-7-18(14(10)17-9-11)13-4-2-12(16)3-5-13/h2-9H,1H3. The summed E-state index contributed by atoms with van der Waals surface area (Å²) in [6.45, 7) is 0. The Morgan fingerprint density at radius 2 is 2.00 bits per heavy atom. The number of hydrogen-bond donors (Lipinski definition) is 0. The van der Waals surface area contributed by atoms with Gasteiger partial charge < -0.3 is 9.30 Å². The minimum atomic E-state index is -0.422. The van der Waals surface area contributed by atoms with E-state index >= 15 is 0 Å². The fourth-order valence-electron chi connectivity index (χ4n) is 2.06. The molecule has 0 spiro atoms. The summed E-state index contributed by atoms with van der Waals surface area (Å²) in [6, 6.07) is 9.69. The number of nitrogens with zero attached hydrogens (tertiary/aromatic N) is 2. The smallest absolute Gasteiger partial charge is 0.339 e. The normalized spacial score (nSPS) is 10.7. The van der Waals surface area contributed by atoms with Crippen LogP contribution in [0.1, 0.15) is 10.4 Å². The monoisotopic (exact) mass is 270 g/mol. The van der Waals surface area contributed by atoms with Crippen LogP contribution >= 0.6 is 0 Å². The zero-order valence-electron chi connectivity index (χ0n) is 10.7. The molecule has 100 valence electrons. The fourth-order valence-corrected chi connectivity index (χ4v) is 2.06. The van der Waals surface area contributed by atoms with Gasteiger partial charge in [0, 0.05) is 23.5 Å². The van der Waals surface area contributed by atoms with Crippen molar-refractivity contribution in [3.8, 4) is 5.69 Å². The minimum Gasteiger partial charge on any atom is -0.465 e. The molecule has 0 saturated heterocycles. The van der Waals surface area contributed by atoms with Crippen molar-refractivity contribution in [3.05, 3.63) is 60.2 Å². The van der Waals surface area contributed by atoms with Crippen molar-refractivity contribution in [1.82, 2.24) is 9.55 Å². The van der Waals surface area contributed by atoms with Gasteiger partial charge in [-0.3, -0.25) is 0 Å². The lowest BCUT2D eigenvalue weighted by Crippen LogP contribution is -2.02. The zero-order chi connectivity index (χ0) is 14.1. The quantitative estimate of drug-likeness (QED) is 0.672. The van der Waals surface area contributed by atoms with E-state index < -0.39 is 5.97 Å². The number of halogens is 1. The third-order valence-corrected chi connectivity index (χ3v) is 3.05. The molecule has 0 bridgehead atoms. The van der Waals surface area contributed by atoms with E-state index in [1.807, 2.05) is 16.8 Å². The Hall–Kier alpha value is -2.69. The number of fused-ring (bicyclic) bond motifs is 1. The van der Waals surface area contributed by atoms with Crippen LogP contribution in [0.3, 0.4) is 0 Å². The molecule has 0 unspecified atom stereocenters. The highest BCUT2D eigenvalue weighted by Gasteiger charge is 2.10. The van der Waals surface area contributed by atoms with Crippen molar-refractivity contribution in [2.75, 3.05) is 7.11 Å². The molecular formula is C15H11FN2O2. The molecule has 0 aliphatic heterocycles. The second-order valence-corrected chi connectivity index (χ2v) is 4.29. The van der Waals surface area contributed by atoms with Crippen molar-refractivity contribution in [2.45, 2.75) is 0 Å². The van der Waals surface area contributed by atoms with Crippen molar-refractivity contribution >= 4 is 17.0 Å². The second-order valence-electron chi connectivity index (χ2n) is 4.29. The molecule has 4 nitrogen and oxygen atoms in total. The molecule has 0 fully saturated rings. The van der Waals surface area contributed by atoms with Gasteiger partial charge in [0.2, 0.25) is 0 Å². The summed E-state index contributed by atoms with van der Waals surface area (Å²) in [5, 5.41) is 0.817. The molecule has 2 heterocycles. The van der Waals surface area contributed by atoms with Crippen LogP contribution in [0, 0.1) is 5.82 Å². The van der Waals surface area contributed by atoms with Crippen molar-refractivity contribution in [3.63, 3.8) is 0 Å². The van der Waals surface area contributed by atoms with Crippen LogP contribution in [0.25, 0.3) is 16.7 Å². The number of carbonyl (C=O) groups excluding carboxylic acids is 1. The van der Waals surface area contributed by atoms with Gasteiger partial charge in [-0.05, 0) is 36.4 Å². The molecule has 0 radical (unpaired) electrons. The molecule has 0 saturated carbocycles. The summed E-state index contributed by atoms with van der Waals surface area (Å²) in [4.78, 5) is 15.7. The number of hydrogen-bond acceptors (Lipinski definition) is 3. The summed E-state index contributed by atoms with van der Waals surface area (Å²) in [5.74, 6) is -0.708. The molecule has 0 aliphatic carbocycles. The molecular weight excluding hydrogens is 259 g/mol. The van der Waals surface area contributed by atoms with E-state index in [4.69, 9.17) is 0 Å². The first-order valence-electron chi connectivity index (χ1n) is 6.00. The highest BCUT2D eigenvalue weighted by molar-refractivity contribution is 5.93. The Balaban J connectivity index is 2.10. The third kappa shape index (κ3) is 2.03. The number of pyridine rings is 1. The Bertz CT molecular complexity index is 778. The number of carbonyl (C=O) groups is 1. The number of aromatic nitrogens is 2. The van der Waals surface area contributed by atoms with Crippen LogP contribution in [0.15, 0.2) is 48.8 Å². The molecule has 0 aliphatic rings. The average Bonchev–Trinajstić information content (AvgIpc) is 2.90. The molecule has 3 aromatic rings. The predicted octanol–water partition coefficient (Wildman–Crippen LogP) is 2.95. The van der Waals surface area contributed by atoms with Gasteiger partial charge in [-0.15, -0.1) is 0 Å².